The molecule has 0 aromatic carbocycles. The van der Waals surface area contributed by atoms with Crippen LogP contribution in [0.3, 0.4) is 0 Å². The molecule has 1 N–H and O–H groups in total. The molecule has 5 nitrogen and oxygen atoms in total. The summed E-state index contributed by atoms with van der Waals surface area (Å²) >= 11 is 0. The summed E-state index contributed by atoms with van der Waals surface area (Å²) in [6.45, 7) is 0.678. The lowest BCUT2D eigenvalue weighted by molar-refractivity contribution is -0.122. The number of rotatable bonds is 2. The van der Waals surface area contributed by atoms with Crippen LogP contribution in [0.1, 0.15) is 6.42 Å². The minimum absolute atomic E-state index is 0.220. The van der Waals surface area contributed by atoms with Crippen molar-refractivity contribution in [1.82, 2.24) is 10.2 Å². The fraction of sp³-hybridized carbons (Fsp3) is 0.667. The maximum Gasteiger partial charge on any atom is 0.325 e. The van der Waals surface area contributed by atoms with Crippen molar-refractivity contribution in [1.29, 1.82) is 0 Å². The van der Waals surface area contributed by atoms with Gasteiger partial charge in [0.15, 0.2) is 0 Å². The molecule has 0 bridgehead atoms. The predicted molar refractivity (Wildman–Crippen MR) is 36.7 cm³/mol. The Bertz CT molecular complexity index is 181. The number of nitrogens with zero attached hydrogens (tertiary/aromatic N) is 1. The van der Waals surface area contributed by atoms with Gasteiger partial charge in [0.25, 0.3) is 0 Å². The Kier molecular flexibility index (Phi) is 2.43. The molecule has 62 valence electrons. The van der Waals surface area contributed by atoms with Gasteiger partial charge in [-0.3, -0.25) is 10.1 Å². The second-order valence-corrected chi connectivity index (χ2v) is 2.28. The summed E-state index contributed by atoms with van der Waals surface area (Å²) in [6.07, 6.45) is 0.356. The van der Waals surface area contributed by atoms with Crippen LogP contribution in [0, 0.1) is 0 Å². The highest BCUT2D eigenvalue weighted by Gasteiger charge is 2.21. The van der Waals surface area contributed by atoms with Gasteiger partial charge in [-0.05, 0) is 0 Å². The molecule has 11 heavy (non-hydrogen) atoms. The van der Waals surface area contributed by atoms with Crippen molar-refractivity contribution in [2.24, 2.45) is 0 Å². The number of methoxy groups -OCH3 is 1. The number of hydrogen-bond donors (Lipinski definition) is 1. The normalized spacial score (nSPS) is 18.5. The minimum atomic E-state index is -0.372. The van der Waals surface area contributed by atoms with Crippen LogP contribution in [0.15, 0.2) is 0 Å². The van der Waals surface area contributed by atoms with Crippen molar-refractivity contribution in [3.63, 3.8) is 0 Å². The van der Waals surface area contributed by atoms with Crippen LogP contribution in [0.2, 0.25) is 0 Å². The first-order valence-corrected chi connectivity index (χ1v) is 3.31. The third-order valence-electron chi connectivity index (χ3n) is 1.43. The number of ether oxygens (including phenoxy) is 1. The highest BCUT2D eigenvalue weighted by molar-refractivity contribution is 5.96. The second-order valence-electron chi connectivity index (χ2n) is 2.28. The zero-order valence-corrected chi connectivity index (χ0v) is 6.29. The Morgan fingerprint density at radius 3 is 2.91 bits per heavy atom. The van der Waals surface area contributed by atoms with Gasteiger partial charge in [0, 0.05) is 20.1 Å². The van der Waals surface area contributed by atoms with Crippen molar-refractivity contribution in [3.05, 3.63) is 0 Å². The van der Waals surface area contributed by atoms with E-state index in [0.717, 1.165) is 0 Å². The molecule has 3 amide bonds. The van der Waals surface area contributed by atoms with E-state index in [4.69, 9.17) is 4.74 Å². The Labute approximate surface area is 64.3 Å². The molecule has 1 saturated heterocycles. The van der Waals surface area contributed by atoms with Crippen molar-refractivity contribution >= 4 is 11.9 Å². The first-order valence-electron chi connectivity index (χ1n) is 3.31. The molecule has 1 fully saturated rings. The first kappa shape index (κ1) is 8.00. The van der Waals surface area contributed by atoms with Crippen molar-refractivity contribution in [2.75, 3.05) is 20.4 Å². The average Bonchev–Trinajstić information content (AvgIpc) is 1.95. The number of carbonyl (C=O) groups is 2. The molecular weight excluding hydrogens is 148 g/mol. The number of urea groups is 1. The zero-order chi connectivity index (χ0) is 8.27. The number of nitrogens with one attached hydrogen (secondary N) is 1. The van der Waals surface area contributed by atoms with E-state index in [1.807, 2.05) is 0 Å². The third-order valence-corrected chi connectivity index (χ3v) is 1.43. The quantitative estimate of drug-likeness (QED) is 0.591. The van der Waals surface area contributed by atoms with Gasteiger partial charge in [-0.1, -0.05) is 0 Å². The average molecular weight is 158 g/mol. The lowest BCUT2D eigenvalue weighted by Gasteiger charge is -2.25. The van der Waals surface area contributed by atoms with Gasteiger partial charge >= 0.3 is 6.03 Å². The molecule has 0 spiro atoms. The topological polar surface area (TPSA) is 58.6 Å². The van der Waals surface area contributed by atoms with Crippen LogP contribution in [-0.2, 0) is 9.53 Å². The third kappa shape index (κ3) is 1.91. The number of carbonyl (C=O) groups excluding carboxylic acids is 2. The molecule has 0 aliphatic carbocycles. The molecule has 0 aromatic rings. The van der Waals surface area contributed by atoms with Gasteiger partial charge in [-0.25, -0.2) is 4.79 Å². The summed E-state index contributed by atoms with van der Waals surface area (Å²) in [5.41, 5.74) is 0. The molecule has 1 aliphatic rings. The van der Waals surface area contributed by atoms with Crippen LogP contribution in [0.4, 0.5) is 4.79 Å². The van der Waals surface area contributed by atoms with Gasteiger partial charge < -0.3 is 9.64 Å². The molecule has 1 aliphatic heterocycles. The van der Waals surface area contributed by atoms with Crippen molar-refractivity contribution in [2.45, 2.75) is 6.42 Å². The summed E-state index contributed by atoms with van der Waals surface area (Å²) in [5, 5.41) is 2.18. The summed E-state index contributed by atoms with van der Waals surface area (Å²) in [7, 11) is 1.50. The summed E-state index contributed by atoms with van der Waals surface area (Å²) < 4.78 is 4.74. The van der Waals surface area contributed by atoms with Crippen LogP contribution in [0.25, 0.3) is 0 Å². The Hall–Kier alpha value is -1.10. The lowest BCUT2D eigenvalue weighted by Crippen LogP contribution is -2.49. The van der Waals surface area contributed by atoms with Gasteiger partial charge in [-0.2, -0.15) is 0 Å². The minimum Gasteiger partial charge on any atom is -0.364 e. The van der Waals surface area contributed by atoms with Crippen LogP contribution >= 0.6 is 0 Å². The highest BCUT2D eigenvalue weighted by Crippen LogP contribution is 1.98. The molecule has 0 radical (unpaired) electrons. The Balaban J connectivity index is 2.44. The molecule has 5 heteroatoms. The Morgan fingerprint density at radius 1 is 1.64 bits per heavy atom. The number of amides is 3. The van der Waals surface area contributed by atoms with Crippen LogP contribution < -0.4 is 5.32 Å². The monoisotopic (exact) mass is 158 g/mol. The molecule has 0 atom stereocenters. The van der Waals surface area contributed by atoms with Crippen LogP contribution in [0.5, 0.6) is 0 Å². The van der Waals surface area contributed by atoms with E-state index in [1.165, 1.54) is 12.0 Å². The van der Waals surface area contributed by atoms with E-state index < -0.39 is 0 Å². The smallest absolute Gasteiger partial charge is 0.325 e. The van der Waals surface area contributed by atoms with Crippen LogP contribution in [-0.4, -0.2) is 37.2 Å². The molecule has 1 rings (SSSR count). The molecule has 0 unspecified atom stereocenters. The van der Waals surface area contributed by atoms with E-state index >= 15 is 0 Å². The van der Waals surface area contributed by atoms with Gasteiger partial charge in [0.1, 0.15) is 6.73 Å². The van der Waals surface area contributed by atoms with Gasteiger partial charge in [0.2, 0.25) is 5.91 Å². The molecule has 1 heterocycles. The van der Waals surface area contributed by atoms with E-state index in [0.29, 0.717) is 13.0 Å². The summed E-state index contributed by atoms with van der Waals surface area (Å²) in [4.78, 5) is 23.0. The lowest BCUT2D eigenvalue weighted by atomic mass is 10.3. The first-order chi connectivity index (χ1) is 5.24. The van der Waals surface area contributed by atoms with E-state index in [1.54, 1.807) is 0 Å². The van der Waals surface area contributed by atoms with E-state index in [-0.39, 0.29) is 18.7 Å². The van der Waals surface area contributed by atoms with Gasteiger partial charge in [-0.15, -0.1) is 0 Å². The van der Waals surface area contributed by atoms with E-state index in [2.05, 4.69) is 5.32 Å². The fourth-order valence-corrected chi connectivity index (χ4v) is 0.878. The van der Waals surface area contributed by atoms with Crippen molar-refractivity contribution < 1.29 is 14.3 Å². The fourth-order valence-electron chi connectivity index (χ4n) is 0.878. The van der Waals surface area contributed by atoms with E-state index in [9.17, 15) is 9.59 Å². The molecule has 0 saturated carbocycles. The zero-order valence-electron chi connectivity index (χ0n) is 6.29. The maximum atomic E-state index is 10.9. The second kappa shape index (κ2) is 3.34. The number of imide groups is 1. The van der Waals surface area contributed by atoms with Crippen molar-refractivity contribution in [3.8, 4) is 0 Å². The Morgan fingerprint density at radius 2 is 2.36 bits per heavy atom. The summed E-state index contributed by atoms with van der Waals surface area (Å²) in [6, 6.07) is -0.372. The molecular formula is C6H10N2O3. The standard InChI is InChI=1S/C6H10N2O3/c1-11-4-8-3-2-5(9)7-6(8)10/h2-4H2,1H3,(H,7,9,10). The predicted octanol–water partition coefficient (Wildman–Crippen LogP) is -0.468. The summed E-state index contributed by atoms with van der Waals surface area (Å²) in [5.74, 6) is -0.220. The largest absolute Gasteiger partial charge is 0.364 e. The molecule has 0 aromatic heterocycles. The van der Waals surface area contributed by atoms with Gasteiger partial charge in [0.05, 0.1) is 0 Å². The highest BCUT2D eigenvalue weighted by atomic mass is 16.5. The maximum absolute atomic E-state index is 10.9. The SMILES string of the molecule is COCN1CCC(=O)NC1=O. The number of hydrogen-bond acceptors (Lipinski definition) is 3.